The lowest BCUT2D eigenvalue weighted by atomic mass is 9.87. The van der Waals surface area contributed by atoms with E-state index in [9.17, 15) is 0 Å². The Hall–Kier alpha value is -1.44. The molecule has 1 aromatic rings. The van der Waals surface area contributed by atoms with Crippen LogP contribution in [0.2, 0.25) is 0 Å². The first kappa shape index (κ1) is 10.5. The van der Waals surface area contributed by atoms with Crippen LogP contribution in [0, 0.1) is 0 Å². The molecule has 94 valence electrons. The fourth-order valence-corrected chi connectivity index (χ4v) is 3.91. The van der Waals surface area contributed by atoms with Crippen LogP contribution in [0.3, 0.4) is 0 Å². The van der Waals surface area contributed by atoms with Gasteiger partial charge in [-0.05, 0) is 42.0 Å². The molecular formula is C16H19NO. The first-order valence-electron chi connectivity index (χ1n) is 7.11. The molecular weight excluding hydrogens is 222 g/mol. The Balaban J connectivity index is 1.89. The first-order chi connectivity index (χ1) is 8.88. The minimum absolute atomic E-state index is 0.674. The van der Waals surface area contributed by atoms with Crippen LogP contribution < -0.4 is 10.1 Å². The third-order valence-corrected chi connectivity index (χ3v) is 4.68. The summed E-state index contributed by atoms with van der Waals surface area (Å²) in [5.74, 6) is 1.82. The zero-order valence-electron chi connectivity index (χ0n) is 10.9. The maximum atomic E-state index is 5.72. The monoisotopic (exact) mass is 241 g/mol. The van der Waals surface area contributed by atoms with E-state index in [0.717, 1.165) is 38.2 Å². The molecule has 0 fully saturated rings. The molecule has 2 nitrogen and oxygen atoms in total. The molecule has 1 atom stereocenters. The van der Waals surface area contributed by atoms with Crippen molar-refractivity contribution in [3.63, 3.8) is 0 Å². The summed E-state index contributed by atoms with van der Waals surface area (Å²) in [6.07, 6.45) is 4.65. The molecule has 18 heavy (non-hydrogen) atoms. The Kier molecular flexibility index (Phi) is 2.20. The minimum Gasteiger partial charge on any atom is -0.493 e. The molecule has 4 rings (SSSR count). The molecule has 1 aliphatic carbocycles. The quantitative estimate of drug-likeness (QED) is 0.816. The summed E-state index contributed by atoms with van der Waals surface area (Å²) in [4.78, 5) is 0. The highest BCUT2D eigenvalue weighted by molar-refractivity contribution is 5.57. The van der Waals surface area contributed by atoms with Crippen molar-refractivity contribution >= 4 is 0 Å². The van der Waals surface area contributed by atoms with Gasteiger partial charge in [0, 0.05) is 30.1 Å². The molecule has 3 aliphatic rings. The van der Waals surface area contributed by atoms with Gasteiger partial charge < -0.3 is 10.1 Å². The van der Waals surface area contributed by atoms with Crippen molar-refractivity contribution in [1.82, 2.24) is 5.32 Å². The Morgan fingerprint density at radius 2 is 2.33 bits per heavy atom. The van der Waals surface area contributed by atoms with Gasteiger partial charge in [-0.15, -0.1) is 0 Å². The third-order valence-electron chi connectivity index (χ3n) is 4.68. The lowest BCUT2D eigenvalue weighted by Gasteiger charge is -2.26. The van der Waals surface area contributed by atoms with E-state index >= 15 is 0 Å². The van der Waals surface area contributed by atoms with Gasteiger partial charge in [0.05, 0.1) is 6.61 Å². The van der Waals surface area contributed by atoms with Crippen molar-refractivity contribution in [3.8, 4) is 5.75 Å². The van der Waals surface area contributed by atoms with Gasteiger partial charge in [0.25, 0.3) is 0 Å². The fraction of sp³-hybridized carbons (Fsp3) is 0.500. The maximum Gasteiger partial charge on any atom is 0.122 e. The van der Waals surface area contributed by atoms with Gasteiger partial charge in [-0.1, -0.05) is 13.0 Å². The van der Waals surface area contributed by atoms with Gasteiger partial charge in [-0.25, -0.2) is 0 Å². The number of rotatable bonds is 1. The highest BCUT2D eigenvalue weighted by Crippen LogP contribution is 2.47. The molecule has 0 amide bonds. The largest absolute Gasteiger partial charge is 0.493 e. The van der Waals surface area contributed by atoms with Crippen molar-refractivity contribution in [2.45, 2.75) is 38.5 Å². The number of hydrogen-bond acceptors (Lipinski definition) is 2. The predicted octanol–water partition coefficient (Wildman–Crippen LogP) is 2.92. The smallest absolute Gasteiger partial charge is 0.122 e. The van der Waals surface area contributed by atoms with E-state index in [0.29, 0.717) is 5.92 Å². The van der Waals surface area contributed by atoms with Gasteiger partial charge in [0.2, 0.25) is 0 Å². The van der Waals surface area contributed by atoms with Crippen LogP contribution >= 0.6 is 0 Å². The van der Waals surface area contributed by atoms with Crippen LogP contribution in [-0.2, 0) is 12.8 Å². The second-order valence-electron chi connectivity index (χ2n) is 5.52. The van der Waals surface area contributed by atoms with Crippen LogP contribution in [0.15, 0.2) is 23.4 Å². The molecule has 0 unspecified atom stereocenters. The standard InChI is InChI=1S/C16H19NO/c1-2-14-13-9-10-3-4-15-12(6-8-18-15)16(10)11(13)5-7-17-14/h3-4,11,17H,2,5-9H2,1H3/t11-/m1/s1. The molecule has 1 N–H and O–H groups in total. The summed E-state index contributed by atoms with van der Waals surface area (Å²) in [6, 6.07) is 4.47. The third kappa shape index (κ3) is 1.29. The summed E-state index contributed by atoms with van der Waals surface area (Å²) < 4.78 is 5.72. The SMILES string of the molecule is CCC1=C2Cc3ccc4c(c3[C@@H]2CCN1)CCO4. The normalized spacial score (nSPS) is 24.2. The Morgan fingerprint density at radius 1 is 1.39 bits per heavy atom. The number of benzene rings is 1. The Morgan fingerprint density at radius 3 is 3.22 bits per heavy atom. The van der Waals surface area contributed by atoms with E-state index in [1.165, 1.54) is 17.7 Å². The summed E-state index contributed by atoms with van der Waals surface area (Å²) in [7, 11) is 0. The molecule has 0 spiro atoms. The fourth-order valence-electron chi connectivity index (χ4n) is 3.91. The maximum absolute atomic E-state index is 5.72. The summed E-state index contributed by atoms with van der Waals surface area (Å²) in [5.41, 5.74) is 7.82. The van der Waals surface area contributed by atoms with Crippen LogP contribution in [0.25, 0.3) is 0 Å². The van der Waals surface area contributed by atoms with E-state index in [2.05, 4.69) is 24.4 Å². The topological polar surface area (TPSA) is 21.3 Å². The molecule has 1 aromatic carbocycles. The number of nitrogens with one attached hydrogen (secondary N) is 1. The number of ether oxygens (including phenoxy) is 1. The Bertz CT molecular complexity index is 544. The first-order valence-corrected chi connectivity index (χ1v) is 7.11. The van der Waals surface area contributed by atoms with Gasteiger partial charge in [0.1, 0.15) is 5.75 Å². The molecule has 2 aliphatic heterocycles. The van der Waals surface area contributed by atoms with Crippen molar-refractivity contribution in [2.75, 3.05) is 13.2 Å². The van der Waals surface area contributed by atoms with E-state index in [-0.39, 0.29) is 0 Å². The lowest BCUT2D eigenvalue weighted by Crippen LogP contribution is -2.25. The molecule has 0 saturated heterocycles. The number of hydrogen-bond donors (Lipinski definition) is 1. The molecule has 2 heteroatoms. The Labute approximate surface area is 108 Å². The van der Waals surface area contributed by atoms with Gasteiger partial charge in [0.15, 0.2) is 0 Å². The van der Waals surface area contributed by atoms with E-state index in [4.69, 9.17) is 4.74 Å². The van der Waals surface area contributed by atoms with E-state index < -0.39 is 0 Å². The van der Waals surface area contributed by atoms with Gasteiger partial charge >= 0.3 is 0 Å². The average molecular weight is 241 g/mol. The van der Waals surface area contributed by atoms with Crippen molar-refractivity contribution in [1.29, 1.82) is 0 Å². The lowest BCUT2D eigenvalue weighted by molar-refractivity contribution is 0.357. The molecule has 2 heterocycles. The summed E-state index contributed by atoms with van der Waals surface area (Å²) >= 11 is 0. The zero-order chi connectivity index (χ0) is 12.1. The van der Waals surface area contributed by atoms with E-state index in [1.54, 1.807) is 16.7 Å². The average Bonchev–Trinajstić information content (AvgIpc) is 3.00. The zero-order valence-corrected chi connectivity index (χ0v) is 10.9. The minimum atomic E-state index is 0.674. The van der Waals surface area contributed by atoms with Gasteiger partial charge in [-0.2, -0.15) is 0 Å². The molecule has 0 aromatic heterocycles. The van der Waals surface area contributed by atoms with Crippen LogP contribution in [0.4, 0.5) is 0 Å². The highest BCUT2D eigenvalue weighted by atomic mass is 16.5. The number of fused-ring (bicyclic) bond motifs is 5. The molecule has 0 radical (unpaired) electrons. The number of allylic oxidation sites excluding steroid dienone is 2. The van der Waals surface area contributed by atoms with E-state index in [1.807, 2.05) is 0 Å². The summed E-state index contributed by atoms with van der Waals surface area (Å²) in [5, 5.41) is 3.59. The van der Waals surface area contributed by atoms with Crippen LogP contribution in [0.1, 0.15) is 42.4 Å². The van der Waals surface area contributed by atoms with Crippen LogP contribution in [0.5, 0.6) is 5.75 Å². The predicted molar refractivity (Wildman–Crippen MR) is 72.0 cm³/mol. The highest BCUT2D eigenvalue weighted by Gasteiger charge is 2.35. The second kappa shape index (κ2) is 3.78. The van der Waals surface area contributed by atoms with Gasteiger partial charge in [-0.3, -0.25) is 0 Å². The van der Waals surface area contributed by atoms with Crippen LogP contribution in [-0.4, -0.2) is 13.2 Å². The van der Waals surface area contributed by atoms with Crippen molar-refractivity contribution in [3.05, 3.63) is 40.1 Å². The molecule has 0 saturated carbocycles. The summed E-state index contributed by atoms with van der Waals surface area (Å²) in [6.45, 7) is 4.26. The molecule has 0 bridgehead atoms. The second-order valence-corrected chi connectivity index (χ2v) is 5.52. The van der Waals surface area contributed by atoms with Crippen molar-refractivity contribution < 1.29 is 4.74 Å². The van der Waals surface area contributed by atoms with Crippen molar-refractivity contribution in [2.24, 2.45) is 0 Å².